The van der Waals surface area contributed by atoms with E-state index in [9.17, 15) is 0 Å². The molecule has 0 unspecified atom stereocenters. The standard InChI is InChI=1S/C15H26N4/c1-2-8-16-11-14-12-18-15(13-17-14)19-9-6-4-3-5-7-10-19/h12-13,16H,2-11H2,1H3. The van der Waals surface area contributed by atoms with Crippen molar-refractivity contribution in [1.82, 2.24) is 15.3 Å². The summed E-state index contributed by atoms with van der Waals surface area (Å²) >= 11 is 0. The third-order valence-electron chi connectivity index (χ3n) is 3.60. The van der Waals surface area contributed by atoms with Crippen LogP contribution in [0.5, 0.6) is 0 Å². The zero-order valence-corrected chi connectivity index (χ0v) is 12.1. The van der Waals surface area contributed by atoms with Crippen molar-refractivity contribution in [2.75, 3.05) is 24.5 Å². The van der Waals surface area contributed by atoms with E-state index in [2.05, 4.69) is 27.1 Å². The summed E-state index contributed by atoms with van der Waals surface area (Å²) in [5.74, 6) is 1.04. The molecule has 2 rings (SSSR count). The molecule has 4 nitrogen and oxygen atoms in total. The minimum atomic E-state index is 0.821. The predicted molar refractivity (Wildman–Crippen MR) is 79.3 cm³/mol. The highest BCUT2D eigenvalue weighted by molar-refractivity contribution is 5.35. The highest BCUT2D eigenvalue weighted by Gasteiger charge is 2.10. The first-order valence-electron chi connectivity index (χ1n) is 7.66. The average molecular weight is 262 g/mol. The summed E-state index contributed by atoms with van der Waals surface area (Å²) in [6, 6.07) is 0. The summed E-state index contributed by atoms with van der Waals surface area (Å²) < 4.78 is 0. The van der Waals surface area contributed by atoms with E-state index in [4.69, 9.17) is 0 Å². The van der Waals surface area contributed by atoms with Crippen LogP contribution in [0.3, 0.4) is 0 Å². The highest BCUT2D eigenvalue weighted by Crippen LogP contribution is 2.16. The van der Waals surface area contributed by atoms with Crippen molar-refractivity contribution in [3.8, 4) is 0 Å². The Labute approximate surface area is 116 Å². The molecule has 0 aliphatic carbocycles. The Morgan fingerprint density at radius 1 is 1.05 bits per heavy atom. The lowest BCUT2D eigenvalue weighted by atomic mass is 10.1. The third-order valence-corrected chi connectivity index (χ3v) is 3.60. The number of nitrogens with one attached hydrogen (secondary N) is 1. The van der Waals surface area contributed by atoms with Gasteiger partial charge in [-0.2, -0.15) is 0 Å². The fourth-order valence-corrected chi connectivity index (χ4v) is 2.47. The molecule has 0 amide bonds. The smallest absolute Gasteiger partial charge is 0.147 e. The molecular weight excluding hydrogens is 236 g/mol. The molecule has 0 spiro atoms. The Bertz CT molecular complexity index is 342. The molecule has 1 aromatic heterocycles. The van der Waals surface area contributed by atoms with E-state index in [1.165, 1.54) is 32.1 Å². The van der Waals surface area contributed by atoms with Gasteiger partial charge in [-0.05, 0) is 25.8 Å². The second-order valence-electron chi connectivity index (χ2n) is 5.30. The summed E-state index contributed by atoms with van der Waals surface area (Å²) in [4.78, 5) is 11.5. The highest BCUT2D eigenvalue weighted by atomic mass is 15.2. The molecule has 1 fully saturated rings. The van der Waals surface area contributed by atoms with Crippen molar-refractivity contribution in [2.24, 2.45) is 0 Å². The number of hydrogen-bond acceptors (Lipinski definition) is 4. The molecule has 2 heterocycles. The van der Waals surface area contributed by atoms with Gasteiger partial charge in [0, 0.05) is 19.6 Å². The van der Waals surface area contributed by atoms with Gasteiger partial charge in [0.15, 0.2) is 0 Å². The first kappa shape index (κ1) is 14.3. The Kier molecular flexibility index (Phi) is 6.08. The van der Waals surface area contributed by atoms with E-state index in [1.54, 1.807) is 0 Å². The van der Waals surface area contributed by atoms with Crippen LogP contribution in [0.15, 0.2) is 12.4 Å². The number of nitrogens with zero attached hydrogens (tertiary/aromatic N) is 3. The topological polar surface area (TPSA) is 41.1 Å². The molecule has 1 N–H and O–H groups in total. The zero-order valence-electron chi connectivity index (χ0n) is 12.1. The summed E-state index contributed by atoms with van der Waals surface area (Å²) in [7, 11) is 0. The molecule has 0 bridgehead atoms. The molecule has 0 atom stereocenters. The largest absolute Gasteiger partial charge is 0.355 e. The molecule has 0 radical (unpaired) electrons. The van der Waals surface area contributed by atoms with Gasteiger partial charge < -0.3 is 10.2 Å². The van der Waals surface area contributed by atoms with Gasteiger partial charge in [0.25, 0.3) is 0 Å². The normalized spacial score (nSPS) is 17.0. The van der Waals surface area contributed by atoms with Gasteiger partial charge in [-0.15, -0.1) is 0 Å². The van der Waals surface area contributed by atoms with E-state index >= 15 is 0 Å². The van der Waals surface area contributed by atoms with Crippen LogP contribution in [0.25, 0.3) is 0 Å². The summed E-state index contributed by atoms with van der Waals surface area (Å²) in [6.45, 7) is 6.28. The maximum Gasteiger partial charge on any atom is 0.147 e. The van der Waals surface area contributed by atoms with E-state index in [0.29, 0.717) is 0 Å². The van der Waals surface area contributed by atoms with E-state index in [-0.39, 0.29) is 0 Å². The van der Waals surface area contributed by atoms with Crippen LogP contribution < -0.4 is 10.2 Å². The fraction of sp³-hybridized carbons (Fsp3) is 0.733. The Balaban J connectivity index is 1.88. The van der Waals surface area contributed by atoms with Crippen LogP contribution in [0.1, 0.15) is 51.1 Å². The molecule has 1 saturated heterocycles. The number of rotatable bonds is 5. The lowest BCUT2D eigenvalue weighted by molar-refractivity contribution is 0.553. The van der Waals surface area contributed by atoms with Crippen molar-refractivity contribution in [3.05, 3.63) is 18.1 Å². The first-order valence-corrected chi connectivity index (χ1v) is 7.66. The summed E-state index contributed by atoms with van der Waals surface area (Å²) in [5, 5.41) is 3.35. The van der Waals surface area contributed by atoms with Crippen LogP contribution in [-0.4, -0.2) is 29.6 Å². The second-order valence-corrected chi connectivity index (χ2v) is 5.30. The summed E-state index contributed by atoms with van der Waals surface area (Å²) in [6.07, 6.45) is 11.6. The van der Waals surface area contributed by atoms with Gasteiger partial charge in [0.05, 0.1) is 18.1 Å². The molecule has 1 aliphatic rings. The van der Waals surface area contributed by atoms with Crippen LogP contribution in [0.4, 0.5) is 5.82 Å². The first-order chi connectivity index (χ1) is 9.40. The number of hydrogen-bond donors (Lipinski definition) is 1. The maximum absolute atomic E-state index is 4.58. The van der Waals surface area contributed by atoms with Crippen molar-refractivity contribution >= 4 is 5.82 Å². The zero-order chi connectivity index (χ0) is 13.3. The predicted octanol–water partition coefficient (Wildman–Crippen LogP) is 2.75. The molecule has 1 aromatic rings. The Morgan fingerprint density at radius 2 is 1.79 bits per heavy atom. The van der Waals surface area contributed by atoms with Gasteiger partial charge in [-0.3, -0.25) is 4.98 Å². The molecular formula is C15H26N4. The Morgan fingerprint density at radius 3 is 2.42 bits per heavy atom. The van der Waals surface area contributed by atoms with Crippen LogP contribution in [0.2, 0.25) is 0 Å². The minimum absolute atomic E-state index is 0.821. The lowest BCUT2D eigenvalue weighted by Crippen LogP contribution is -2.28. The second kappa shape index (κ2) is 8.10. The SMILES string of the molecule is CCCNCc1cnc(N2CCCCCCC2)cn1. The van der Waals surface area contributed by atoms with Gasteiger partial charge in [-0.25, -0.2) is 4.98 Å². The van der Waals surface area contributed by atoms with Crippen molar-refractivity contribution in [1.29, 1.82) is 0 Å². The molecule has 1 aliphatic heterocycles. The molecule has 0 aromatic carbocycles. The number of anilines is 1. The van der Waals surface area contributed by atoms with Gasteiger partial charge in [0.1, 0.15) is 5.82 Å². The molecule has 106 valence electrons. The number of aromatic nitrogens is 2. The average Bonchev–Trinajstić information content (AvgIpc) is 2.40. The third kappa shape index (κ3) is 4.78. The van der Waals surface area contributed by atoms with Crippen molar-refractivity contribution in [2.45, 2.75) is 52.0 Å². The van der Waals surface area contributed by atoms with Gasteiger partial charge in [0.2, 0.25) is 0 Å². The quantitative estimate of drug-likeness (QED) is 0.828. The van der Waals surface area contributed by atoms with Gasteiger partial charge in [-0.1, -0.05) is 26.2 Å². The van der Waals surface area contributed by atoms with Crippen LogP contribution in [-0.2, 0) is 6.54 Å². The monoisotopic (exact) mass is 262 g/mol. The van der Waals surface area contributed by atoms with Crippen molar-refractivity contribution in [3.63, 3.8) is 0 Å². The van der Waals surface area contributed by atoms with E-state index in [0.717, 1.165) is 44.1 Å². The fourth-order valence-electron chi connectivity index (χ4n) is 2.47. The van der Waals surface area contributed by atoms with Crippen LogP contribution in [0, 0.1) is 0 Å². The molecule has 0 saturated carbocycles. The summed E-state index contributed by atoms with van der Waals surface area (Å²) in [5.41, 5.74) is 1.03. The van der Waals surface area contributed by atoms with E-state index in [1.807, 2.05) is 12.4 Å². The lowest BCUT2D eigenvalue weighted by Gasteiger charge is -2.25. The van der Waals surface area contributed by atoms with Crippen molar-refractivity contribution < 1.29 is 0 Å². The maximum atomic E-state index is 4.58. The molecule has 19 heavy (non-hydrogen) atoms. The molecule has 4 heteroatoms. The minimum Gasteiger partial charge on any atom is -0.355 e. The van der Waals surface area contributed by atoms with Gasteiger partial charge >= 0.3 is 0 Å². The van der Waals surface area contributed by atoms with Crippen LogP contribution >= 0.6 is 0 Å². The Hall–Kier alpha value is -1.16. The van der Waals surface area contributed by atoms with E-state index < -0.39 is 0 Å².